The summed E-state index contributed by atoms with van der Waals surface area (Å²) in [6.45, 7) is 4.94. The Balaban J connectivity index is 1.28. The van der Waals surface area contributed by atoms with E-state index in [-0.39, 0.29) is 10.1 Å². The maximum atomic E-state index is 12.7. The van der Waals surface area contributed by atoms with E-state index in [1.807, 2.05) is 18.2 Å². The summed E-state index contributed by atoms with van der Waals surface area (Å²) in [6, 6.07) is 12.5. The Morgan fingerprint density at radius 1 is 1.10 bits per heavy atom. The van der Waals surface area contributed by atoms with E-state index in [0.29, 0.717) is 13.1 Å². The SMILES string of the molecule is C[C@H](NS(=O)(=O)c1cccs1)C(=O)N1CCN(Cc2csc(-c3ccccc3)n2)CC1. The number of benzene rings is 1. The number of hydrogen-bond donors (Lipinski definition) is 1. The normalized spacial score (nSPS) is 16.4. The zero-order valence-corrected chi connectivity index (χ0v) is 19.5. The third-order valence-corrected chi connectivity index (χ3v) is 8.98. The Kier molecular flexibility index (Phi) is 6.83. The lowest BCUT2D eigenvalue weighted by Gasteiger charge is -2.35. The zero-order valence-electron chi connectivity index (χ0n) is 17.1. The molecule has 164 valence electrons. The molecular weight excluding hydrogens is 452 g/mol. The highest BCUT2D eigenvalue weighted by molar-refractivity contribution is 7.91. The Morgan fingerprint density at radius 2 is 1.84 bits per heavy atom. The van der Waals surface area contributed by atoms with E-state index in [0.717, 1.165) is 47.2 Å². The maximum Gasteiger partial charge on any atom is 0.250 e. The number of thiazole rings is 1. The number of carbonyl (C=O) groups excluding carboxylic acids is 1. The number of hydrogen-bond acceptors (Lipinski definition) is 7. The fourth-order valence-electron chi connectivity index (χ4n) is 3.48. The summed E-state index contributed by atoms with van der Waals surface area (Å²) in [7, 11) is -3.67. The number of piperazine rings is 1. The second-order valence-corrected chi connectivity index (χ2v) is 11.1. The summed E-state index contributed by atoms with van der Waals surface area (Å²) in [6.07, 6.45) is 0. The number of rotatable bonds is 7. The lowest BCUT2D eigenvalue weighted by Crippen LogP contribution is -2.53. The number of sulfonamides is 1. The van der Waals surface area contributed by atoms with Crippen molar-refractivity contribution in [3.8, 4) is 10.6 Å². The number of carbonyl (C=O) groups is 1. The molecule has 3 heterocycles. The van der Waals surface area contributed by atoms with Crippen molar-refractivity contribution in [1.82, 2.24) is 19.5 Å². The molecule has 0 bridgehead atoms. The van der Waals surface area contributed by atoms with Crippen molar-refractivity contribution in [2.75, 3.05) is 26.2 Å². The van der Waals surface area contributed by atoms with E-state index in [4.69, 9.17) is 4.98 Å². The van der Waals surface area contributed by atoms with Crippen molar-refractivity contribution < 1.29 is 13.2 Å². The van der Waals surface area contributed by atoms with Gasteiger partial charge in [0.05, 0.1) is 11.7 Å². The number of amides is 1. The fraction of sp³-hybridized carbons (Fsp3) is 0.333. The quantitative estimate of drug-likeness (QED) is 0.567. The molecule has 4 rings (SSSR count). The first-order valence-electron chi connectivity index (χ1n) is 9.99. The number of thiophene rings is 1. The molecule has 1 N–H and O–H groups in total. The predicted octanol–water partition coefficient (Wildman–Crippen LogP) is 2.88. The molecular formula is C21H24N4O3S3. The van der Waals surface area contributed by atoms with Gasteiger partial charge >= 0.3 is 0 Å². The minimum atomic E-state index is -3.67. The van der Waals surface area contributed by atoms with E-state index in [9.17, 15) is 13.2 Å². The van der Waals surface area contributed by atoms with Gasteiger partial charge in [-0.25, -0.2) is 13.4 Å². The van der Waals surface area contributed by atoms with Crippen LogP contribution in [0.5, 0.6) is 0 Å². The first-order chi connectivity index (χ1) is 14.9. The van der Waals surface area contributed by atoms with Gasteiger partial charge in [-0.1, -0.05) is 36.4 Å². The molecule has 0 unspecified atom stereocenters. The molecule has 3 aromatic rings. The Morgan fingerprint density at radius 3 is 2.52 bits per heavy atom. The van der Waals surface area contributed by atoms with Crippen molar-refractivity contribution in [3.05, 3.63) is 58.9 Å². The Labute approximate surface area is 190 Å². The summed E-state index contributed by atoms with van der Waals surface area (Å²) in [4.78, 5) is 21.5. The smallest absolute Gasteiger partial charge is 0.250 e. The summed E-state index contributed by atoms with van der Waals surface area (Å²) in [5, 5.41) is 4.79. The number of nitrogens with zero attached hydrogens (tertiary/aromatic N) is 3. The van der Waals surface area contributed by atoms with Gasteiger partial charge in [-0.05, 0) is 18.4 Å². The molecule has 1 saturated heterocycles. The van der Waals surface area contributed by atoms with Gasteiger partial charge in [-0.15, -0.1) is 22.7 Å². The Bertz CT molecular complexity index is 1110. The molecule has 2 aromatic heterocycles. The molecule has 10 heteroatoms. The summed E-state index contributed by atoms with van der Waals surface area (Å²) >= 11 is 2.77. The molecule has 31 heavy (non-hydrogen) atoms. The van der Waals surface area contributed by atoms with Gasteiger partial charge < -0.3 is 4.90 Å². The minimum absolute atomic E-state index is 0.195. The second-order valence-electron chi connectivity index (χ2n) is 7.39. The van der Waals surface area contributed by atoms with Gasteiger partial charge in [0, 0.05) is 43.7 Å². The lowest BCUT2D eigenvalue weighted by atomic mass is 10.2. The molecule has 1 aromatic carbocycles. The van der Waals surface area contributed by atoms with Crippen LogP contribution in [0.25, 0.3) is 10.6 Å². The average Bonchev–Trinajstić information content (AvgIpc) is 3.47. The van der Waals surface area contributed by atoms with E-state index in [2.05, 4.69) is 27.1 Å². The minimum Gasteiger partial charge on any atom is -0.339 e. The van der Waals surface area contributed by atoms with Crippen molar-refractivity contribution in [1.29, 1.82) is 0 Å². The van der Waals surface area contributed by atoms with Crippen LogP contribution < -0.4 is 4.72 Å². The van der Waals surface area contributed by atoms with Crippen LogP contribution in [0.2, 0.25) is 0 Å². The summed E-state index contributed by atoms with van der Waals surface area (Å²) < 4.78 is 27.4. The highest BCUT2D eigenvalue weighted by Gasteiger charge is 2.28. The van der Waals surface area contributed by atoms with Gasteiger partial charge in [0.25, 0.3) is 10.0 Å². The monoisotopic (exact) mass is 476 g/mol. The topological polar surface area (TPSA) is 82.6 Å². The van der Waals surface area contributed by atoms with Crippen molar-refractivity contribution in [2.24, 2.45) is 0 Å². The molecule has 0 saturated carbocycles. The third kappa shape index (κ3) is 5.39. The molecule has 1 aliphatic rings. The molecule has 0 aliphatic carbocycles. The van der Waals surface area contributed by atoms with Gasteiger partial charge in [0.2, 0.25) is 5.91 Å². The Hall–Kier alpha value is -2.11. The van der Waals surface area contributed by atoms with Crippen LogP contribution in [0.1, 0.15) is 12.6 Å². The van der Waals surface area contributed by atoms with Crippen LogP contribution in [0.3, 0.4) is 0 Å². The molecule has 1 aliphatic heterocycles. The number of aromatic nitrogens is 1. The summed E-state index contributed by atoms with van der Waals surface area (Å²) in [5.41, 5.74) is 2.15. The van der Waals surface area contributed by atoms with Gasteiger partial charge in [0.1, 0.15) is 9.22 Å². The predicted molar refractivity (Wildman–Crippen MR) is 124 cm³/mol. The maximum absolute atomic E-state index is 12.7. The van der Waals surface area contributed by atoms with Crippen LogP contribution in [-0.2, 0) is 21.4 Å². The molecule has 1 fully saturated rings. The van der Waals surface area contributed by atoms with Crippen LogP contribution >= 0.6 is 22.7 Å². The van der Waals surface area contributed by atoms with Gasteiger partial charge in [0.15, 0.2) is 0 Å². The molecule has 1 amide bonds. The lowest BCUT2D eigenvalue weighted by molar-refractivity contribution is -0.134. The fourth-order valence-corrected chi connectivity index (χ4v) is 6.50. The van der Waals surface area contributed by atoms with E-state index < -0.39 is 16.1 Å². The average molecular weight is 477 g/mol. The highest BCUT2D eigenvalue weighted by Crippen LogP contribution is 2.24. The number of nitrogens with one attached hydrogen (secondary N) is 1. The zero-order chi connectivity index (χ0) is 21.8. The van der Waals surface area contributed by atoms with Crippen LogP contribution in [0, 0.1) is 0 Å². The van der Waals surface area contributed by atoms with Crippen LogP contribution in [-0.4, -0.2) is 61.3 Å². The van der Waals surface area contributed by atoms with Crippen molar-refractivity contribution in [2.45, 2.75) is 23.7 Å². The largest absolute Gasteiger partial charge is 0.339 e. The van der Waals surface area contributed by atoms with Gasteiger partial charge in [-0.2, -0.15) is 4.72 Å². The van der Waals surface area contributed by atoms with E-state index in [1.54, 1.807) is 34.6 Å². The first-order valence-corrected chi connectivity index (χ1v) is 13.2. The molecule has 0 spiro atoms. The van der Waals surface area contributed by atoms with Crippen molar-refractivity contribution >= 4 is 38.6 Å². The van der Waals surface area contributed by atoms with Gasteiger partial charge in [-0.3, -0.25) is 9.69 Å². The first kappa shape index (κ1) is 22.1. The van der Waals surface area contributed by atoms with Crippen LogP contribution in [0.4, 0.5) is 0 Å². The second kappa shape index (κ2) is 9.58. The van der Waals surface area contributed by atoms with Crippen LogP contribution in [0.15, 0.2) is 57.4 Å². The summed E-state index contributed by atoms with van der Waals surface area (Å²) in [5.74, 6) is -0.195. The third-order valence-electron chi connectivity index (χ3n) is 5.10. The van der Waals surface area contributed by atoms with E-state index in [1.165, 1.54) is 6.07 Å². The molecule has 0 radical (unpaired) electrons. The molecule has 1 atom stereocenters. The van der Waals surface area contributed by atoms with E-state index >= 15 is 0 Å². The molecule has 7 nitrogen and oxygen atoms in total. The standard InChI is InChI=1S/C21H24N4O3S3/c1-16(23-31(27,28)19-8-5-13-29-19)21(26)25-11-9-24(10-12-25)14-18-15-30-20(22-18)17-6-3-2-4-7-17/h2-8,13,15-16,23H,9-12,14H2,1H3/t16-/m0/s1. The highest BCUT2D eigenvalue weighted by atomic mass is 32.2. The van der Waals surface area contributed by atoms with Crippen molar-refractivity contribution in [3.63, 3.8) is 0 Å².